The van der Waals surface area contributed by atoms with Crippen LogP contribution in [0.25, 0.3) is 0 Å². The lowest BCUT2D eigenvalue weighted by atomic mass is 10.1. The minimum atomic E-state index is -0.335. The molecule has 86 valence electrons. The summed E-state index contributed by atoms with van der Waals surface area (Å²) in [5.41, 5.74) is -0.458. The second-order valence-corrected chi connectivity index (χ2v) is 5.66. The van der Waals surface area contributed by atoms with E-state index >= 15 is 0 Å². The Kier molecular flexibility index (Phi) is 3.16. The molecule has 1 aliphatic heterocycles. The lowest BCUT2D eigenvalue weighted by molar-refractivity contribution is 0.498. The molecule has 15 heavy (non-hydrogen) atoms. The van der Waals surface area contributed by atoms with Gasteiger partial charge in [0, 0.05) is 6.04 Å². The minimum absolute atomic E-state index is 0.123. The van der Waals surface area contributed by atoms with E-state index in [0.29, 0.717) is 6.04 Å². The molecule has 0 aromatic carbocycles. The number of nitrogens with one attached hydrogen (secondary N) is 1. The smallest absolute Gasteiger partial charge is 0.133 e. The standard InChI is InChI=1S/C11H22N4/c1-8-7-12-9(13-8)11(5,6)15-14-10(2,3)4/h8H,7H2,1-6H3,(H,12,13). The second-order valence-electron chi connectivity index (χ2n) is 5.66. The molecule has 0 bridgehead atoms. The molecule has 0 aliphatic carbocycles. The summed E-state index contributed by atoms with van der Waals surface area (Å²) in [6.45, 7) is 13.1. The molecule has 0 saturated heterocycles. The van der Waals surface area contributed by atoms with Gasteiger partial charge in [-0.2, -0.15) is 10.2 Å². The molecule has 4 nitrogen and oxygen atoms in total. The van der Waals surface area contributed by atoms with Crippen molar-refractivity contribution in [3.63, 3.8) is 0 Å². The number of amidine groups is 1. The fourth-order valence-electron chi connectivity index (χ4n) is 1.25. The van der Waals surface area contributed by atoms with Gasteiger partial charge in [0.05, 0.1) is 12.1 Å². The Morgan fingerprint density at radius 1 is 1.20 bits per heavy atom. The predicted molar refractivity (Wildman–Crippen MR) is 63.6 cm³/mol. The lowest BCUT2D eigenvalue weighted by Crippen LogP contribution is -2.41. The van der Waals surface area contributed by atoms with Crippen molar-refractivity contribution in [2.24, 2.45) is 15.2 Å². The average molecular weight is 210 g/mol. The van der Waals surface area contributed by atoms with E-state index in [9.17, 15) is 0 Å². The highest BCUT2D eigenvalue weighted by molar-refractivity contribution is 5.92. The molecule has 1 atom stereocenters. The molecular weight excluding hydrogens is 188 g/mol. The van der Waals surface area contributed by atoms with Crippen molar-refractivity contribution in [2.75, 3.05) is 6.54 Å². The third-order valence-corrected chi connectivity index (χ3v) is 2.09. The fourth-order valence-corrected chi connectivity index (χ4v) is 1.25. The first kappa shape index (κ1) is 12.1. The zero-order chi connectivity index (χ0) is 11.7. The molecule has 1 heterocycles. The van der Waals surface area contributed by atoms with Gasteiger partial charge in [0.15, 0.2) is 0 Å². The van der Waals surface area contributed by atoms with Crippen LogP contribution in [-0.2, 0) is 0 Å². The zero-order valence-corrected chi connectivity index (χ0v) is 10.6. The van der Waals surface area contributed by atoms with E-state index in [1.165, 1.54) is 0 Å². The topological polar surface area (TPSA) is 49.1 Å². The molecule has 0 amide bonds. The van der Waals surface area contributed by atoms with Crippen LogP contribution in [0.4, 0.5) is 0 Å². The van der Waals surface area contributed by atoms with E-state index in [1.807, 2.05) is 34.6 Å². The maximum atomic E-state index is 4.44. The monoisotopic (exact) mass is 210 g/mol. The van der Waals surface area contributed by atoms with E-state index in [4.69, 9.17) is 0 Å². The van der Waals surface area contributed by atoms with Crippen molar-refractivity contribution in [1.29, 1.82) is 0 Å². The van der Waals surface area contributed by atoms with Crippen LogP contribution in [0.2, 0.25) is 0 Å². The molecule has 0 aromatic rings. The summed E-state index contributed by atoms with van der Waals surface area (Å²) in [7, 11) is 0. The number of rotatable bonds is 2. The molecule has 4 heteroatoms. The highest BCUT2D eigenvalue weighted by Crippen LogP contribution is 2.18. The first-order valence-corrected chi connectivity index (χ1v) is 5.46. The van der Waals surface area contributed by atoms with Gasteiger partial charge in [0.1, 0.15) is 11.4 Å². The summed E-state index contributed by atoms with van der Waals surface area (Å²) in [5.74, 6) is 0.947. The van der Waals surface area contributed by atoms with Crippen LogP contribution in [0, 0.1) is 0 Å². The van der Waals surface area contributed by atoms with E-state index in [1.54, 1.807) is 0 Å². The molecule has 0 radical (unpaired) electrons. The maximum Gasteiger partial charge on any atom is 0.133 e. The van der Waals surface area contributed by atoms with Gasteiger partial charge < -0.3 is 5.32 Å². The average Bonchev–Trinajstić information content (AvgIpc) is 2.48. The molecular formula is C11H22N4. The van der Waals surface area contributed by atoms with Gasteiger partial charge in [-0.3, -0.25) is 4.99 Å². The lowest BCUT2D eigenvalue weighted by Gasteiger charge is -2.21. The van der Waals surface area contributed by atoms with Crippen LogP contribution in [0.3, 0.4) is 0 Å². The zero-order valence-electron chi connectivity index (χ0n) is 10.6. The number of aliphatic imine (C=N–C) groups is 1. The Morgan fingerprint density at radius 2 is 1.80 bits per heavy atom. The van der Waals surface area contributed by atoms with E-state index in [0.717, 1.165) is 12.4 Å². The molecule has 0 spiro atoms. The fraction of sp³-hybridized carbons (Fsp3) is 0.909. The van der Waals surface area contributed by atoms with Crippen LogP contribution in [-0.4, -0.2) is 29.5 Å². The van der Waals surface area contributed by atoms with Crippen molar-refractivity contribution in [2.45, 2.75) is 58.7 Å². The third kappa shape index (κ3) is 3.61. The van der Waals surface area contributed by atoms with Gasteiger partial charge >= 0.3 is 0 Å². The first-order valence-electron chi connectivity index (χ1n) is 5.46. The highest BCUT2D eigenvalue weighted by atomic mass is 15.2. The summed E-state index contributed by atoms with van der Waals surface area (Å²) < 4.78 is 0. The van der Waals surface area contributed by atoms with Crippen molar-refractivity contribution >= 4 is 5.84 Å². The van der Waals surface area contributed by atoms with Crippen molar-refractivity contribution < 1.29 is 0 Å². The number of azo groups is 1. The van der Waals surface area contributed by atoms with Crippen LogP contribution in [0.5, 0.6) is 0 Å². The van der Waals surface area contributed by atoms with Gasteiger partial charge in [-0.15, -0.1) is 0 Å². The summed E-state index contributed by atoms with van der Waals surface area (Å²) in [4.78, 5) is 4.44. The molecule has 1 aliphatic rings. The van der Waals surface area contributed by atoms with Gasteiger partial charge in [0.25, 0.3) is 0 Å². The number of hydrogen-bond acceptors (Lipinski definition) is 4. The van der Waals surface area contributed by atoms with Crippen LogP contribution < -0.4 is 5.32 Å². The quantitative estimate of drug-likeness (QED) is 0.699. The van der Waals surface area contributed by atoms with Gasteiger partial charge in [-0.25, -0.2) is 0 Å². The Labute approximate surface area is 92.3 Å². The molecule has 1 N–H and O–H groups in total. The molecule has 1 rings (SSSR count). The van der Waals surface area contributed by atoms with E-state index in [2.05, 4.69) is 27.5 Å². The summed E-state index contributed by atoms with van der Waals surface area (Å²) in [6.07, 6.45) is 0. The second kappa shape index (κ2) is 3.91. The summed E-state index contributed by atoms with van der Waals surface area (Å²) in [6, 6.07) is 0.420. The molecule has 0 fully saturated rings. The van der Waals surface area contributed by atoms with Crippen molar-refractivity contribution in [3.8, 4) is 0 Å². The normalized spacial score (nSPS) is 23.1. The molecule has 1 unspecified atom stereocenters. The Balaban J connectivity index is 2.72. The first-order chi connectivity index (χ1) is 6.71. The van der Waals surface area contributed by atoms with Gasteiger partial charge in [0.2, 0.25) is 0 Å². The van der Waals surface area contributed by atoms with Crippen LogP contribution in [0.1, 0.15) is 41.5 Å². The number of nitrogens with zero attached hydrogens (tertiary/aromatic N) is 3. The van der Waals surface area contributed by atoms with Gasteiger partial charge in [-0.05, 0) is 41.5 Å². The molecule has 0 saturated carbocycles. The molecule has 0 aromatic heterocycles. The minimum Gasteiger partial charge on any atom is -0.367 e. The predicted octanol–water partition coefficient (Wildman–Crippen LogP) is 2.41. The van der Waals surface area contributed by atoms with Gasteiger partial charge in [-0.1, -0.05) is 0 Å². The Hall–Kier alpha value is -0.930. The van der Waals surface area contributed by atoms with Crippen LogP contribution in [0.15, 0.2) is 15.2 Å². The SMILES string of the molecule is CC1CN=C(C(C)(C)N=NC(C)(C)C)N1. The highest BCUT2D eigenvalue weighted by Gasteiger charge is 2.29. The maximum absolute atomic E-state index is 4.44. The van der Waals surface area contributed by atoms with E-state index < -0.39 is 0 Å². The largest absolute Gasteiger partial charge is 0.367 e. The Bertz CT molecular complexity index is 283. The number of hydrogen-bond donors (Lipinski definition) is 1. The Morgan fingerprint density at radius 3 is 2.20 bits per heavy atom. The van der Waals surface area contributed by atoms with Crippen molar-refractivity contribution in [1.82, 2.24) is 5.32 Å². The summed E-state index contributed by atoms with van der Waals surface area (Å²) in [5, 5.41) is 12.0. The third-order valence-electron chi connectivity index (χ3n) is 2.09. The van der Waals surface area contributed by atoms with E-state index in [-0.39, 0.29) is 11.1 Å². The summed E-state index contributed by atoms with van der Waals surface area (Å²) >= 11 is 0. The van der Waals surface area contributed by atoms with Crippen LogP contribution >= 0.6 is 0 Å². The van der Waals surface area contributed by atoms with Crippen molar-refractivity contribution in [3.05, 3.63) is 0 Å².